The molecule has 0 unspecified atom stereocenters. The van der Waals surface area contributed by atoms with E-state index >= 15 is 0 Å². The Kier molecular flexibility index (Phi) is 7.18. The molecule has 0 atom stereocenters. The van der Waals surface area contributed by atoms with E-state index in [0.717, 1.165) is 12.1 Å². The Bertz CT molecular complexity index is 809. The lowest BCUT2D eigenvalue weighted by Gasteiger charge is -2.19. The Balaban J connectivity index is 1.94. The molecule has 0 aromatic heterocycles. The normalized spacial score (nSPS) is 11.2. The number of ether oxygens (including phenoxy) is 1. The van der Waals surface area contributed by atoms with Gasteiger partial charge in [0.2, 0.25) is 0 Å². The van der Waals surface area contributed by atoms with E-state index in [-0.39, 0.29) is 5.91 Å². The van der Waals surface area contributed by atoms with Crippen LogP contribution in [0.2, 0.25) is 0 Å². The highest BCUT2D eigenvalue weighted by Gasteiger charge is 2.16. The largest absolute Gasteiger partial charge is 0.444 e. The van der Waals surface area contributed by atoms with E-state index in [0.29, 0.717) is 17.8 Å². The lowest BCUT2D eigenvalue weighted by molar-refractivity contribution is 0.0635. The Labute approximate surface area is 166 Å². The molecule has 2 N–H and O–H groups in total. The van der Waals surface area contributed by atoms with E-state index in [1.54, 1.807) is 45.0 Å². The molecular weight excluding hydrogens is 354 g/mol. The monoisotopic (exact) mass is 383 g/mol. The van der Waals surface area contributed by atoms with Gasteiger partial charge in [0, 0.05) is 24.3 Å². The average Bonchev–Trinajstić information content (AvgIpc) is 2.59. The number of nitrogens with one attached hydrogen (secondary N) is 2. The minimum absolute atomic E-state index is 0.163. The summed E-state index contributed by atoms with van der Waals surface area (Å²) in [5.74, 6) is -0.163. The van der Waals surface area contributed by atoms with Crippen molar-refractivity contribution in [3.05, 3.63) is 65.2 Å². The summed E-state index contributed by atoms with van der Waals surface area (Å²) >= 11 is 0. The van der Waals surface area contributed by atoms with Gasteiger partial charge in [0.1, 0.15) is 5.60 Å². The Morgan fingerprint density at radius 3 is 2.14 bits per heavy atom. The molecule has 0 saturated heterocycles. The van der Waals surface area contributed by atoms with E-state index in [2.05, 4.69) is 21.6 Å². The van der Waals surface area contributed by atoms with E-state index in [1.165, 1.54) is 5.56 Å². The molecule has 0 heterocycles. The maximum absolute atomic E-state index is 12.4. The summed E-state index contributed by atoms with van der Waals surface area (Å²) in [7, 11) is 4.03. The number of anilines is 1. The Morgan fingerprint density at radius 2 is 1.57 bits per heavy atom. The van der Waals surface area contributed by atoms with E-state index in [1.807, 2.05) is 32.3 Å². The molecule has 28 heavy (non-hydrogen) atoms. The Morgan fingerprint density at radius 1 is 0.964 bits per heavy atom. The maximum Gasteiger partial charge on any atom is 0.412 e. The lowest BCUT2D eigenvalue weighted by Crippen LogP contribution is -2.27. The van der Waals surface area contributed by atoms with Crippen LogP contribution < -0.4 is 10.6 Å². The number of benzene rings is 2. The van der Waals surface area contributed by atoms with Crippen LogP contribution in [0.3, 0.4) is 0 Å². The van der Waals surface area contributed by atoms with Crippen LogP contribution in [0.25, 0.3) is 0 Å². The number of nitrogens with zero attached hydrogens (tertiary/aromatic N) is 1. The fourth-order valence-electron chi connectivity index (χ4n) is 2.63. The van der Waals surface area contributed by atoms with Gasteiger partial charge in [0.15, 0.2) is 0 Å². The molecule has 0 fully saturated rings. The fourth-order valence-corrected chi connectivity index (χ4v) is 2.63. The van der Waals surface area contributed by atoms with Crippen molar-refractivity contribution in [2.75, 3.05) is 19.4 Å². The number of carbonyl (C=O) groups is 2. The summed E-state index contributed by atoms with van der Waals surface area (Å²) in [4.78, 5) is 26.3. The van der Waals surface area contributed by atoms with Crippen molar-refractivity contribution < 1.29 is 14.3 Å². The van der Waals surface area contributed by atoms with Crippen molar-refractivity contribution in [1.29, 1.82) is 0 Å². The average molecular weight is 383 g/mol. The fraction of sp³-hybridized carbons (Fsp3) is 0.364. The van der Waals surface area contributed by atoms with Crippen LogP contribution in [-0.2, 0) is 17.8 Å². The third-order valence-corrected chi connectivity index (χ3v) is 3.84. The van der Waals surface area contributed by atoms with E-state index in [9.17, 15) is 9.59 Å². The third-order valence-electron chi connectivity index (χ3n) is 3.84. The topological polar surface area (TPSA) is 70.7 Å². The molecule has 0 radical (unpaired) electrons. The summed E-state index contributed by atoms with van der Waals surface area (Å²) in [6.07, 6.45) is -0.526. The van der Waals surface area contributed by atoms with Crippen LogP contribution in [0.5, 0.6) is 0 Å². The number of rotatable bonds is 6. The van der Waals surface area contributed by atoms with E-state index < -0.39 is 11.7 Å². The quantitative estimate of drug-likeness (QED) is 0.790. The minimum Gasteiger partial charge on any atom is -0.444 e. The van der Waals surface area contributed by atoms with Crippen molar-refractivity contribution >= 4 is 17.7 Å². The molecule has 2 aromatic rings. The van der Waals surface area contributed by atoms with Gasteiger partial charge in [-0.3, -0.25) is 10.1 Å². The van der Waals surface area contributed by atoms with Gasteiger partial charge in [0.25, 0.3) is 5.91 Å². The molecule has 0 spiro atoms. The number of hydrogen-bond acceptors (Lipinski definition) is 4. The van der Waals surface area contributed by atoms with Gasteiger partial charge in [-0.25, -0.2) is 4.79 Å². The third kappa shape index (κ3) is 7.04. The zero-order valence-electron chi connectivity index (χ0n) is 17.2. The molecule has 2 rings (SSSR count). The summed E-state index contributed by atoms with van der Waals surface area (Å²) < 4.78 is 5.21. The van der Waals surface area contributed by atoms with Crippen molar-refractivity contribution in [2.24, 2.45) is 0 Å². The summed E-state index contributed by atoms with van der Waals surface area (Å²) in [6.45, 7) is 6.68. The van der Waals surface area contributed by atoms with Gasteiger partial charge in [-0.2, -0.15) is 0 Å². The highest BCUT2D eigenvalue weighted by Crippen LogP contribution is 2.14. The smallest absolute Gasteiger partial charge is 0.412 e. The molecule has 150 valence electrons. The van der Waals surface area contributed by atoms with Crippen LogP contribution in [0.15, 0.2) is 48.5 Å². The van der Waals surface area contributed by atoms with Gasteiger partial charge in [-0.15, -0.1) is 0 Å². The predicted octanol–water partition coefficient (Wildman–Crippen LogP) is 4.03. The van der Waals surface area contributed by atoms with Crippen molar-refractivity contribution in [3.63, 3.8) is 0 Å². The number of carbonyl (C=O) groups excluding carboxylic acids is 2. The van der Waals surface area contributed by atoms with Crippen LogP contribution in [-0.4, -0.2) is 36.6 Å². The molecule has 0 aliphatic heterocycles. The maximum atomic E-state index is 12.4. The molecule has 0 bridgehead atoms. The first kappa shape index (κ1) is 21.4. The molecule has 2 amide bonds. The minimum atomic E-state index is -0.563. The van der Waals surface area contributed by atoms with Gasteiger partial charge in [-0.1, -0.05) is 24.3 Å². The second-order valence-electron chi connectivity index (χ2n) is 7.89. The summed E-state index contributed by atoms with van der Waals surface area (Å²) in [5.41, 5.74) is 2.81. The highest BCUT2D eigenvalue weighted by molar-refractivity contribution is 5.95. The second-order valence-corrected chi connectivity index (χ2v) is 7.89. The van der Waals surface area contributed by atoms with Gasteiger partial charge in [-0.05, 0) is 70.3 Å². The Hall–Kier alpha value is -2.86. The first-order chi connectivity index (χ1) is 13.1. The second kappa shape index (κ2) is 9.37. The molecule has 0 saturated carbocycles. The van der Waals surface area contributed by atoms with Gasteiger partial charge in [0.05, 0.1) is 0 Å². The molecular formula is C22H29N3O3. The van der Waals surface area contributed by atoms with Gasteiger partial charge < -0.3 is 15.0 Å². The summed E-state index contributed by atoms with van der Waals surface area (Å²) in [6, 6.07) is 14.8. The van der Waals surface area contributed by atoms with Crippen molar-refractivity contribution in [3.8, 4) is 0 Å². The summed E-state index contributed by atoms with van der Waals surface area (Å²) in [5, 5.41) is 5.60. The predicted molar refractivity (Wildman–Crippen MR) is 111 cm³/mol. The van der Waals surface area contributed by atoms with Crippen LogP contribution in [0.1, 0.15) is 42.3 Å². The number of hydrogen-bond donors (Lipinski definition) is 2. The van der Waals surface area contributed by atoms with Crippen molar-refractivity contribution in [2.45, 2.75) is 39.5 Å². The van der Waals surface area contributed by atoms with E-state index in [4.69, 9.17) is 4.74 Å². The molecule has 2 aromatic carbocycles. The lowest BCUT2D eigenvalue weighted by atomic mass is 10.1. The van der Waals surface area contributed by atoms with Crippen LogP contribution in [0.4, 0.5) is 10.5 Å². The van der Waals surface area contributed by atoms with Crippen LogP contribution >= 0.6 is 0 Å². The molecule has 6 heteroatoms. The zero-order chi connectivity index (χ0) is 20.7. The van der Waals surface area contributed by atoms with Gasteiger partial charge >= 0.3 is 6.09 Å². The molecule has 6 nitrogen and oxygen atoms in total. The first-order valence-electron chi connectivity index (χ1n) is 9.24. The van der Waals surface area contributed by atoms with Crippen LogP contribution in [0, 0.1) is 0 Å². The molecule has 0 aliphatic rings. The SMILES string of the molecule is CN(C)Cc1ccccc1CNC(=O)c1ccc(NC(=O)OC(C)(C)C)cc1. The highest BCUT2D eigenvalue weighted by atomic mass is 16.6. The van der Waals surface area contributed by atoms with Crippen molar-refractivity contribution in [1.82, 2.24) is 10.2 Å². The first-order valence-corrected chi connectivity index (χ1v) is 9.24. The molecule has 0 aliphatic carbocycles. The number of amides is 2. The standard InChI is InChI=1S/C22H29N3O3/c1-22(2,3)28-21(27)24-19-12-10-16(11-13-19)20(26)23-14-17-8-6-7-9-18(17)15-25(4)5/h6-13H,14-15H2,1-5H3,(H,23,26)(H,24,27). The zero-order valence-corrected chi connectivity index (χ0v) is 17.2.